The predicted molar refractivity (Wildman–Crippen MR) is 69.2 cm³/mol. The van der Waals surface area contributed by atoms with Gasteiger partial charge in [0.25, 0.3) is 0 Å². The summed E-state index contributed by atoms with van der Waals surface area (Å²) in [4.78, 5) is 14.9. The summed E-state index contributed by atoms with van der Waals surface area (Å²) in [6.45, 7) is 1.68. The molecule has 1 aliphatic heterocycles. The summed E-state index contributed by atoms with van der Waals surface area (Å²) < 4.78 is 0. The quantitative estimate of drug-likeness (QED) is 0.878. The van der Waals surface area contributed by atoms with E-state index >= 15 is 0 Å². The number of carbonyl (C=O) groups is 1. The van der Waals surface area contributed by atoms with Crippen LogP contribution in [0.1, 0.15) is 6.42 Å². The molecule has 0 unspecified atom stereocenters. The van der Waals surface area contributed by atoms with Crippen molar-refractivity contribution in [3.63, 3.8) is 0 Å². The van der Waals surface area contributed by atoms with Gasteiger partial charge < -0.3 is 14.9 Å². The number of anilines is 2. The molecule has 1 heterocycles. The van der Waals surface area contributed by atoms with Crippen LogP contribution in [0.3, 0.4) is 0 Å². The number of rotatable bonds is 2. The maximum atomic E-state index is 10.9. The molecule has 0 aliphatic carbocycles. The fourth-order valence-corrected chi connectivity index (χ4v) is 2.31. The van der Waals surface area contributed by atoms with Crippen molar-refractivity contribution in [3.8, 4) is 0 Å². The standard InChI is InChI=1S/C12H15ClN2O2/c1-14-5-2-6-15(8-12(16)17)11-7-9(13)3-4-10(11)14/h3-4,7H,2,5-6,8H2,1H3,(H,16,17). The van der Waals surface area contributed by atoms with Crippen molar-refractivity contribution < 1.29 is 9.90 Å². The Morgan fingerprint density at radius 1 is 1.41 bits per heavy atom. The van der Waals surface area contributed by atoms with Crippen molar-refractivity contribution >= 4 is 28.9 Å². The van der Waals surface area contributed by atoms with Crippen LogP contribution in [0.25, 0.3) is 0 Å². The fourth-order valence-electron chi connectivity index (χ4n) is 2.14. The normalized spacial score (nSPS) is 15.4. The molecule has 1 aromatic rings. The second-order valence-corrected chi connectivity index (χ2v) is 4.66. The number of fused-ring (bicyclic) bond motifs is 1. The first kappa shape index (κ1) is 12.0. The molecule has 0 atom stereocenters. The summed E-state index contributed by atoms with van der Waals surface area (Å²) >= 11 is 5.99. The van der Waals surface area contributed by atoms with E-state index in [0.29, 0.717) is 5.02 Å². The fraction of sp³-hybridized carbons (Fsp3) is 0.417. The van der Waals surface area contributed by atoms with Crippen LogP contribution < -0.4 is 9.80 Å². The minimum atomic E-state index is -0.819. The topological polar surface area (TPSA) is 43.8 Å². The van der Waals surface area contributed by atoms with Crippen molar-refractivity contribution in [3.05, 3.63) is 23.2 Å². The Kier molecular flexibility index (Phi) is 3.43. The highest BCUT2D eigenvalue weighted by Gasteiger charge is 2.20. The molecule has 0 amide bonds. The molecule has 0 aromatic heterocycles. The second-order valence-electron chi connectivity index (χ2n) is 4.22. The minimum absolute atomic E-state index is 0.0151. The first-order chi connectivity index (χ1) is 8.08. The summed E-state index contributed by atoms with van der Waals surface area (Å²) in [5, 5.41) is 9.56. The lowest BCUT2D eigenvalue weighted by Gasteiger charge is -2.24. The SMILES string of the molecule is CN1CCCN(CC(=O)O)c2cc(Cl)ccc21. The molecule has 17 heavy (non-hydrogen) atoms. The summed E-state index contributed by atoms with van der Waals surface area (Å²) in [6.07, 6.45) is 0.941. The van der Waals surface area contributed by atoms with E-state index in [1.807, 2.05) is 30.1 Å². The lowest BCUT2D eigenvalue weighted by atomic mass is 10.2. The molecule has 1 N–H and O–H groups in total. The number of benzene rings is 1. The first-order valence-electron chi connectivity index (χ1n) is 5.55. The van der Waals surface area contributed by atoms with Gasteiger partial charge in [-0.25, -0.2) is 0 Å². The Balaban J connectivity index is 2.41. The van der Waals surface area contributed by atoms with E-state index in [1.165, 1.54) is 0 Å². The number of nitrogens with zero attached hydrogens (tertiary/aromatic N) is 2. The van der Waals surface area contributed by atoms with Crippen LogP contribution in [-0.2, 0) is 4.79 Å². The Morgan fingerprint density at radius 2 is 2.18 bits per heavy atom. The molecule has 0 fully saturated rings. The Hall–Kier alpha value is -1.42. The van der Waals surface area contributed by atoms with Gasteiger partial charge in [0, 0.05) is 25.2 Å². The third kappa shape index (κ3) is 2.64. The van der Waals surface area contributed by atoms with Crippen molar-refractivity contribution in [2.24, 2.45) is 0 Å². The zero-order valence-electron chi connectivity index (χ0n) is 9.69. The Bertz CT molecular complexity index is 437. The van der Waals surface area contributed by atoms with Gasteiger partial charge >= 0.3 is 5.97 Å². The van der Waals surface area contributed by atoms with E-state index in [-0.39, 0.29) is 6.54 Å². The van der Waals surface area contributed by atoms with Crippen molar-refractivity contribution in [1.82, 2.24) is 0 Å². The summed E-state index contributed by atoms with van der Waals surface area (Å²) in [7, 11) is 2.01. The van der Waals surface area contributed by atoms with Gasteiger partial charge in [0.05, 0.1) is 11.4 Å². The lowest BCUT2D eigenvalue weighted by Crippen LogP contribution is -2.30. The molecule has 92 valence electrons. The molecule has 1 aliphatic rings. The molecule has 0 spiro atoms. The van der Waals surface area contributed by atoms with Crippen molar-refractivity contribution in [1.29, 1.82) is 0 Å². The maximum Gasteiger partial charge on any atom is 0.323 e. The summed E-state index contributed by atoms with van der Waals surface area (Å²) in [5.74, 6) is -0.819. The van der Waals surface area contributed by atoms with E-state index in [9.17, 15) is 4.79 Å². The monoisotopic (exact) mass is 254 g/mol. The average Bonchev–Trinajstić information content (AvgIpc) is 2.39. The largest absolute Gasteiger partial charge is 0.480 e. The Labute approximate surface area is 105 Å². The van der Waals surface area contributed by atoms with E-state index in [4.69, 9.17) is 16.7 Å². The highest BCUT2D eigenvalue weighted by molar-refractivity contribution is 6.31. The highest BCUT2D eigenvalue weighted by Crippen LogP contribution is 2.33. The summed E-state index contributed by atoms with van der Waals surface area (Å²) in [6, 6.07) is 5.61. The van der Waals surface area contributed by atoms with Crippen LogP contribution in [0.2, 0.25) is 5.02 Å². The van der Waals surface area contributed by atoms with Gasteiger partial charge in [-0.3, -0.25) is 4.79 Å². The van der Waals surface area contributed by atoms with Gasteiger partial charge in [-0.1, -0.05) is 11.6 Å². The minimum Gasteiger partial charge on any atom is -0.480 e. The van der Waals surface area contributed by atoms with E-state index in [2.05, 4.69) is 4.90 Å². The van der Waals surface area contributed by atoms with Crippen LogP contribution in [0.5, 0.6) is 0 Å². The van der Waals surface area contributed by atoms with Crippen LogP contribution in [0, 0.1) is 0 Å². The maximum absolute atomic E-state index is 10.9. The smallest absolute Gasteiger partial charge is 0.323 e. The second kappa shape index (κ2) is 4.84. The van der Waals surface area contributed by atoms with Gasteiger partial charge in [-0.15, -0.1) is 0 Å². The molecule has 0 bridgehead atoms. The van der Waals surface area contributed by atoms with Crippen LogP contribution >= 0.6 is 11.6 Å². The van der Waals surface area contributed by atoms with Crippen LogP contribution in [0.15, 0.2) is 18.2 Å². The molecule has 5 heteroatoms. The Morgan fingerprint density at radius 3 is 2.88 bits per heavy atom. The molecule has 2 rings (SSSR count). The third-order valence-corrected chi connectivity index (χ3v) is 3.17. The summed E-state index contributed by atoms with van der Waals surface area (Å²) in [5.41, 5.74) is 1.94. The van der Waals surface area contributed by atoms with E-state index < -0.39 is 5.97 Å². The molecule has 1 aromatic carbocycles. The molecular formula is C12H15ClN2O2. The van der Waals surface area contributed by atoms with Gasteiger partial charge in [0.1, 0.15) is 6.54 Å². The van der Waals surface area contributed by atoms with E-state index in [0.717, 1.165) is 30.9 Å². The number of hydrogen-bond acceptors (Lipinski definition) is 3. The molecule has 4 nitrogen and oxygen atoms in total. The zero-order valence-corrected chi connectivity index (χ0v) is 10.4. The lowest BCUT2D eigenvalue weighted by molar-refractivity contribution is -0.135. The van der Waals surface area contributed by atoms with Gasteiger partial charge in [-0.2, -0.15) is 0 Å². The molecule has 0 saturated heterocycles. The van der Waals surface area contributed by atoms with Crippen molar-refractivity contribution in [2.45, 2.75) is 6.42 Å². The zero-order chi connectivity index (χ0) is 12.4. The van der Waals surface area contributed by atoms with E-state index in [1.54, 1.807) is 0 Å². The highest BCUT2D eigenvalue weighted by atomic mass is 35.5. The average molecular weight is 255 g/mol. The third-order valence-electron chi connectivity index (χ3n) is 2.94. The van der Waals surface area contributed by atoms with Crippen molar-refractivity contribution in [2.75, 3.05) is 36.5 Å². The predicted octanol–water partition coefficient (Wildman–Crippen LogP) is 2.07. The number of carboxylic acids is 1. The van der Waals surface area contributed by atoms with Crippen LogP contribution in [0.4, 0.5) is 11.4 Å². The van der Waals surface area contributed by atoms with Gasteiger partial charge in [-0.05, 0) is 24.6 Å². The molecular weight excluding hydrogens is 240 g/mol. The number of carboxylic acid groups (broad SMARTS) is 1. The number of aliphatic carboxylic acids is 1. The number of halogens is 1. The molecule has 0 saturated carbocycles. The van der Waals surface area contributed by atoms with Gasteiger partial charge in [0.15, 0.2) is 0 Å². The number of hydrogen-bond donors (Lipinski definition) is 1. The first-order valence-corrected chi connectivity index (χ1v) is 5.93. The molecule has 0 radical (unpaired) electrons. The van der Waals surface area contributed by atoms with Crippen LogP contribution in [-0.4, -0.2) is 37.8 Å². The van der Waals surface area contributed by atoms with Gasteiger partial charge in [0.2, 0.25) is 0 Å².